The minimum atomic E-state index is -0.696. The number of halogens is 1. The number of ether oxygens (including phenoxy) is 1. The second-order valence-electron chi connectivity index (χ2n) is 5.41. The Hall–Kier alpha value is -3.61. The van der Waals surface area contributed by atoms with Gasteiger partial charge in [0.05, 0.1) is 18.9 Å². The van der Waals surface area contributed by atoms with Crippen molar-refractivity contribution in [1.82, 2.24) is 15.5 Å². The average Bonchev–Trinajstić information content (AvgIpc) is 3.38. The molecule has 0 saturated heterocycles. The van der Waals surface area contributed by atoms with Gasteiger partial charge in [-0.2, -0.15) is 9.65 Å². The first kappa shape index (κ1) is 18.2. The molecule has 1 saturated carbocycles. The highest BCUT2D eigenvalue weighted by atomic mass is 32.1. The first-order chi connectivity index (χ1) is 13.1. The van der Waals surface area contributed by atoms with Crippen molar-refractivity contribution in [3.8, 4) is 17.9 Å². The normalized spacial score (nSPS) is 15.4. The van der Waals surface area contributed by atoms with Gasteiger partial charge < -0.3 is 10.1 Å². The Kier molecular flexibility index (Phi) is 5.51. The summed E-state index contributed by atoms with van der Waals surface area (Å²) in [6.07, 6.45) is 4.26. The van der Waals surface area contributed by atoms with Gasteiger partial charge in [-0.15, -0.1) is 10.2 Å². The predicted molar refractivity (Wildman–Crippen MR) is 95.2 cm³/mol. The fourth-order valence-electron chi connectivity index (χ4n) is 1.91. The van der Waals surface area contributed by atoms with Crippen LogP contribution in [0.3, 0.4) is 0 Å². The summed E-state index contributed by atoms with van der Waals surface area (Å²) in [6, 6.07) is 1.76. The van der Waals surface area contributed by atoms with Crippen molar-refractivity contribution in [1.29, 1.82) is 5.26 Å². The molecule has 7 nitrogen and oxygen atoms in total. The molecule has 0 spiro atoms. The molecule has 1 aromatic rings. The predicted octanol–water partition coefficient (Wildman–Crippen LogP) is 2.27. The number of nitrogens with one attached hydrogen (secondary N) is 2. The van der Waals surface area contributed by atoms with E-state index in [1.54, 1.807) is 6.07 Å². The van der Waals surface area contributed by atoms with Gasteiger partial charge >= 0.3 is 0 Å². The van der Waals surface area contributed by atoms with Crippen molar-refractivity contribution in [2.45, 2.75) is 12.8 Å². The third-order valence-electron chi connectivity index (χ3n) is 3.34. The van der Waals surface area contributed by atoms with Gasteiger partial charge in [0.2, 0.25) is 5.13 Å². The Bertz CT molecular complexity index is 1050. The molecule has 2 aliphatic carbocycles. The number of nitriles is 1. The number of amides is 1. The lowest BCUT2D eigenvalue weighted by Crippen LogP contribution is -2.26. The maximum Gasteiger partial charge on any atom is 0.274 e. The number of anilines is 1. The second kappa shape index (κ2) is 8.18. The van der Waals surface area contributed by atoms with Crippen LogP contribution in [0.1, 0.15) is 17.8 Å². The molecule has 1 heterocycles. The van der Waals surface area contributed by atoms with Crippen molar-refractivity contribution in [3.05, 3.63) is 51.6 Å². The van der Waals surface area contributed by atoms with E-state index in [1.807, 2.05) is 0 Å². The number of methoxy groups -OCH3 is 1. The number of nitrogens with zero attached hydrogens (tertiary/aromatic N) is 3. The first-order valence-corrected chi connectivity index (χ1v) is 8.61. The first-order valence-electron chi connectivity index (χ1n) is 7.79. The van der Waals surface area contributed by atoms with Gasteiger partial charge in [-0.05, 0) is 30.2 Å². The largest absolute Gasteiger partial charge is 0.487 e. The Morgan fingerprint density at radius 3 is 2.96 bits per heavy atom. The van der Waals surface area contributed by atoms with E-state index in [-0.39, 0.29) is 22.3 Å². The molecule has 1 fully saturated rings. The molecule has 2 N–H and O–H groups in total. The molecule has 0 radical (unpaired) electrons. The van der Waals surface area contributed by atoms with Crippen molar-refractivity contribution in [2.24, 2.45) is 5.92 Å². The molecule has 0 aromatic carbocycles. The highest BCUT2D eigenvalue weighted by Crippen LogP contribution is 2.28. The smallest absolute Gasteiger partial charge is 0.274 e. The second-order valence-corrected chi connectivity index (χ2v) is 6.39. The lowest BCUT2D eigenvalue weighted by atomic mass is 10.2. The number of hydrogen-bond donors (Lipinski definition) is 2. The van der Waals surface area contributed by atoms with Gasteiger partial charge in [0, 0.05) is 18.1 Å². The van der Waals surface area contributed by atoms with Crippen LogP contribution in [0.25, 0.3) is 0 Å². The van der Waals surface area contributed by atoms with Gasteiger partial charge in [-0.3, -0.25) is 10.1 Å². The number of allylic oxidation sites excluding steroid dienone is 3. The standard InChI is InChI=1S/C18H12FN5O2S/c1-26-15-6-5-12(19)10-14(15)21-13(8-9-20)17(25)22-18-24-23-16(27-18)7-4-11-2-3-11/h8,10-11,21H,2-3H2,1H3,(H,22,24,25)/b13-8-. The average molecular weight is 381 g/mol. The molecule has 27 heavy (non-hydrogen) atoms. The van der Waals surface area contributed by atoms with Gasteiger partial charge in [-0.1, -0.05) is 17.3 Å². The summed E-state index contributed by atoms with van der Waals surface area (Å²) in [5.41, 5.74) is 4.68. The summed E-state index contributed by atoms with van der Waals surface area (Å²) >= 11 is 1.12. The lowest BCUT2D eigenvalue weighted by Gasteiger charge is -2.14. The maximum absolute atomic E-state index is 13.4. The van der Waals surface area contributed by atoms with E-state index in [4.69, 9.17) is 10.00 Å². The number of rotatable bonds is 5. The Labute approximate surface area is 158 Å². The van der Waals surface area contributed by atoms with Crippen LogP contribution in [0.5, 0.6) is 0 Å². The van der Waals surface area contributed by atoms with Gasteiger partial charge in [-0.25, -0.2) is 0 Å². The molecular weight excluding hydrogens is 369 g/mol. The zero-order valence-corrected chi connectivity index (χ0v) is 14.9. The molecule has 0 bridgehead atoms. The highest BCUT2D eigenvalue weighted by molar-refractivity contribution is 7.15. The van der Waals surface area contributed by atoms with E-state index in [0.717, 1.165) is 36.3 Å². The molecule has 2 aliphatic rings. The van der Waals surface area contributed by atoms with Crippen LogP contribution in [0.15, 0.2) is 46.6 Å². The van der Waals surface area contributed by atoms with Crippen molar-refractivity contribution in [2.75, 3.05) is 12.4 Å². The van der Waals surface area contributed by atoms with Gasteiger partial charge in [0.25, 0.3) is 5.91 Å². The third kappa shape index (κ3) is 4.94. The molecule has 3 rings (SSSR count). The summed E-state index contributed by atoms with van der Waals surface area (Å²) in [5.74, 6) is 5.19. The molecular formula is C18H12FN5O2S. The molecule has 0 atom stereocenters. The van der Waals surface area contributed by atoms with Crippen LogP contribution >= 0.6 is 11.3 Å². The summed E-state index contributed by atoms with van der Waals surface area (Å²) in [4.78, 5) is 12.4. The van der Waals surface area contributed by atoms with Crippen molar-refractivity contribution < 1.29 is 13.9 Å². The van der Waals surface area contributed by atoms with E-state index in [1.165, 1.54) is 7.11 Å². The number of hydrogen-bond acceptors (Lipinski definition) is 7. The minimum Gasteiger partial charge on any atom is -0.487 e. The number of carbonyl (C=O) groups is 1. The summed E-state index contributed by atoms with van der Waals surface area (Å²) < 4.78 is 18.4. The van der Waals surface area contributed by atoms with Crippen molar-refractivity contribution in [3.63, 3.8) is 0 Å². The zero-order chi connectivity index (χ0) is 19.2. The topological polar surface area (TPSA) is 99.9 Å². The Morgan fingerprint density at radius 2 is 2.26 bits per heavy atom. The summed E-state index contributed by atoms with van der Waals surface area (Å²) in [6.45, 7) is 0. The van der Waals surface area contributed by atoms with Gasteiger partial charge in [0.1, 0.15) is 5.70 Å². The summed E-state index contributed by atoms with van der Waals surface area (Å²) in [7, 11) is 1.36. The van der Waals surface area contributed by atoms with Crippen LogP contribution in [-0.4, -0.2) is 23.2 Å². The molecule has 0 unspecified atom stereocenters. The molecule has 1 aromatic heterocycles. The van der Waals surface area contributed by atoms with E-state index in [9.17, 15) is 9.18 Å². The van der Waals surface area contributed by atoms with Crippen LogP contribution in [0.2, 0.25) is 0 Å². The lowest BCUT2D eigenvalue weighted by molar-refractivity contribution is -0.113. The van der Waals surface area contributed by atoms with Gasteiger partial charge in [0.15, 0.2) is 16.6 Å². The van der Waals surface area contributed by atoms with Crippen LogP contribution in [0, 0.1) is 29.1 Å². The SMILES string of the molecule is COC1=C=C=C(F)C=C1N/C(=C\C#N)C(=O)Nc1nnc(C#CC2CC2)s1. The molecule has 0 aliphatic heterocycles. The van der Waals surface area contributed by atoms with E-state index < -0.39 is 11.7 Å². The maximum atomic E-state index is 13.4. The van der Waals surface area contributed by atoms with Crippen molar-refractivity contribution >= 4 is 22.4 Å². The number of carbonyl (C=O) groups excluding carboxylic acids is 1. The number of aromatic nitrogens is 2. The van der Waals surface area contributed by atoms with Crippen LogP contribution < -0.4 is 10.6 Å². The third-order valence-corrected chi connectivity index (χ3v) is 4.10. The van der Waals surface area contributed by atoms with E-state index >= 15 is 0 Å². The monoisotopic (exact) mass is 381 g/mol. The van der Waals surface area contributed by atoms with Crippen LogP contribution in [0.4, 0.5) is 9.52 Å². The fourth-order valence-corrected chi connectivity index (χ4v) is 2.51. The Morgan fingerprint density at radius 1 is 1.44 bits per heavy atom. The molecule has 134 valence electrons. The molecule has 1 amide bonds. The molecule has 9 heteroatoms. The fraction of sp³-hybridized carbons (Fsp3) is 0.222. The van der Waals surface area contributed by atoms with E-state index in [0.29, 0.717) is 10.9 Å². The highest BCUT2D eigenvalue weighted by Gasteiger charge is 2.19. The summed E-state index contributed by atoms with van der Waals surface area (Å²) in [5, 5.41) is 22.6. The Balaban J connectivity index is 1.71. The van der Waals surface area contributed by atoms with Crippen LogP contribution in [-0.2, 0) is 9.53 Å². The zero-order valence-electron chi connectivity index (χ0n) is 14.1. The minimum absolute atomic E-state index is 0.124. The quantitative estimate of drug-likeness (QED) is 0.351. The van der Waals surface area contributed by atoms with E-state index in [2.05, 4.69) is 44.1 Å².